The number of pyridine rings is 1. The zero-order valence-corrected chi connectivity index (χ0v) is 19.2. The van der Waals surface area contributed by atoms with E-state index in [4.69, 9.17) is 4.74 Å². The number of fused-ring (bicyclic) bond motifs is 1. The van der Waals surface area contributed by atoms with Crippen LogP contribution in [0.5, 0.6) is 0 Å². The van der Waals surface area contributed by atoms with E-state index in [0.29, 0.717) is 18.2 Å². The van der Waals surface area contributed by atoms with Crippen LogP contribution in [0.3, 0.4) is 0 Å². The molecule has 2 fully saturated rings. The van der Waals surface area contributed by atoms with Gasteiger partial charge < -0.3 is 15.0 Å². The monoisotopic (exact) mass is 454 g/mol. The Kier molecular flexibility index (Phi) is 6.39. The second-order valence-corrected chi connectivity index (χ2v) is 8.92. The first-order chi connectivity index (χ1) is 16.6. The molecule has 2 aromatic carbocycles. The summed E-state index contributed by atoms with van der Waals surface area (Å²) < 4.78 is 20.4. The van der Waals surface area contributed by atoms with Gasteiger partial charge in [-0.2, -0.15) is 5.26 Å². The molecule has 172 valence electrons. The summed E-state index contributed by atoms with van der Waals surface area (Å²) in [7, 11) is 0. The van der Waals surface area contributed by atoms with Gasteiger partial charge in [0.05, 0.1) is 30.0 Å². The van der Waals surface area contributed by atoms with E-state index in [1.807, 2.05) is 55.7 Å². The van der Waals surface area contributed by atoms with Crippen molar-refractivity contribution < 1.29 is 9.13 Å². The number of ether oxygens (including phenoxy) is 1. The van der Waals surface area contributed by atoms with Crippen molar-refractivity contribution in [3.63, 3.8) is 0 Å². The normalized spacial score (nSPS) is 20.2. The molecule has 3 aromatic rings. The third kappa shape index (κ3) is 4.72. The zero-order valence-electron chi connectivity index (χ0n) is 19.2. The molecule has 2 aliphatic heterocycles. The summed E-state index contributed by atoms with van der Waals surface area (Å²) in [5.74, 6) is -0.256. The topological polar surface area (TPSA) is 61.2 Å². The minimum absolute atomic E-state index is 0.113. The Balaban J connectivity index is 1.58. The van der Waals surface area contributed by atoms with Gasteiger partial charge in [0, 0.05) is 49.2 Å². The number of aryl methyl sites for hydroxylation is 1. The lowest BCUT2D eigenvalue weighted by molar-refractivity contribution is -0.00901. The number of hydrogen-bond acceptors (Lipinski definition) is 5. The summed E-state index contributed by atoms with van der Waals surface area (Å²) in [5.41, 5.74) is 6.12. The number of rotatable bonds is 4. The number of anilines is 1. The predicted molar refractivity (Wildman–Crippen MR) is 133 cm³/mol. The highest BCUT2D eigenvalue weighted by molar-refractivity contribution is 5.87. The first-order valence-corrected chi connectivity index (χ1v) is 11.6. The van der Waals surface area contributed by atoms with Crippen molar-refractivity contribution >= 4 is 17.8 Å². The molecule has 3 heterocycles. The lowest BCUT2D eigenvalue weighted by atomic mass is 9.95. The zero-order chi connectivity index (χ0) is 23.5. The molecule has 0 spiro atoms. The Hall–Kier alpha value is -3.53. The molecule has 2 atom stereocenters. The number of morpholine rings is 1. The van der Waals surface area contributed by atoms with Gasteiger partial charge in [-0.05, 0) is 54.3 Å². The molecule has 0 amide bonds. The molecular formula is C28H27FN4O. The minimum Gasteiger partial charge on any atom is -0.373 e. The van der Waals surface area contributed by atoms with Crippen molar-refractivity contribution in [2.75, 3.05) is 31.1 Å². The second kappa shape index (κ2) is 9.76. The Morgan fingerprint density at radius 2 is 2.12 bits per heavy atom. The molecule has 0 saturated carbocycles. The van der Waals surface area contributed by atoms with E-state index >= 15 is 0 Å². The summed E-state index contributed by atoms with van der Waals surface area (Å²) in [6.45, 7) is 5.13. The van der Waals surface area contributed by atoms with Crippen molar-refractivity contribution in [2.24, 2.45) is 0 Å². The third-order valence-electron chi connectivity index (χ3n) is 6.49. The fourth-order valence-corrected chi connectivity index (χ4v) is 4.92. The Bertz CT molecular complexity index is 1250. The first kappa shape index (κ1) is 22.3. The van der Waals surface area contributed by atoms with Gasteiger partial charge in [0.1, 0.15) is 5.82 Å². The number of nitrogens with zero attached hydrogens (tertiary/aromatic N) is 3. The Morgan fingerprint density at radius 1 is 1.21 bits per heavy atom. The molecule has 0 radical (unpaired) electrons. The van der Waals surface area contributed by atoms with E-state index in [2.05, 4.69) is 21.3 Å². The third-order valence-corrected chi connectivity index (χ3v) is 6.49. The number of benzene rings is 2. The van der Waals surface area contributed by atoms with E-state index in [1.54, 1.807) is 12.1 Å². The van der Waals surface area contributed by atoms with Crippen molar-refractivity contribution in [1.29, 1.82) is 5.26 Å². The van der Waals surface area contributed by atoms with Crippen LogP contribution < -0.4 is 10.2 Å². The van der Waals surface area contributed by atoms with E-state index in [9.17, 15) is 9.65 Å². The second-order valence-electron chi connectivity index (χ2n) is 8.92. The quantitative estimate of drug-likeness (QED) is 0.613. The highest BCUT2D eigenvalue weighted by Gasteiger charge is 2.33. The predicted octanol–water partition coefficient (Wildman–Crippen LogP) is 4.81. The van der Waals surface area contributed by atoms with Gasteiger partial charge in [0.2, 0.25) is 0 Å². The average molecular weight is 455 g/mol. The van der Waals surface area contributed by atoms with Crippen LogP contribution in [0.25, 0.3) is 23.3 Å². The van der Waals surface area contributed by atoms with Crippen molar-refractivity contribution in [3.8, 4) is 17.2 Å². The lowest BCUT2D eigenvalue weighted by Gasteiger charge is -2.43. The summed E-state index contributed by atoms with van der Waals surface area (Å²) in [6.07, 6.45) is 8.78. The molecule has 5 nitrogen and oxygen atoms in total. The maximum Gasteiger partial charge on any atom is 0.124 e. The molecule has 0 bridgehead atoms. The molecular weight excluding hydrogens is 427 g/mol. The van der Waals surface area contributed by atoms with E-state index in [0.717, 1.165) is 59.6 Å². The average Bonchev–Trinajstić information content (AvgIpc) is 2.86. The van der Waals surface area contributed by atoms with Crippen LogP contribution >= 0.6 is 0 Å². The fourth-order valence-electron chi connectivity index (χ4n) is 4.92. The summed E-state index contributed by atoms with van der Waals surface area (Å²) >= 11 is 0. The maximum atomic E-state index is 14.3. The number of nitrogens with one attached hydrogen (secondary N) is 1. The molecule has 2 aliphatic rings. The minimum atomic E-state index is -0.256. The molecule has 2 unspecified atom stereocenters. The van der Waals surface area contributed by atoms with Gasteiger partial charge >= 0.3 is 0 Å². The molecule has 34 heavy (non-hydrogen) atoms. The first-order valence-electron chi connectivity index (χ1n) is 11.6. The van der Waals surface area contributed by atoms with E-state index in [-0.39, 0.29) is 11.9 Å². The molecule has 2 saturated heterocycles. The lowest BCUT2D eigenvalue weighted by Crippen LogP contribution is -2.58. The molecule has 1 aromatic heterocycles. The van der Waals surface area contributed by atoms with Crippen LogP contribution in [0.15, 0.2) is 54.9 Å². The highest BCUT2D eigenvalue weighted by atomic mass is 19.1. The fraction of sp³-hybridized carbons (Fsp3) is 0.286. The smallest absolute Gasteiger partial charge is 0.124 e. The van der Waals surface area contributed by atoms with Gasteiger partial charge in [-0.1, -0.05) is 30.4 Å². The van der Waals surface area contributed by atoms with Crippen LogP contribution in [-0.4, -0.2) is 43.4 Å². The Labute approximate surface area is 199 Å². The number of nitriles is 1. The van der Waals surface area contributed by atoms with Crippen LogP contribution in [0.1, 0.15) is 28.7 Å². The number of hydrogen-bond donors (Lipinski definition) is 1. The van der Waals surface area contributed by atoms with Crippen LogP contribution in [0.4, 0.5) is 10.1 Å². The summed E-state index contributed by atoms with van der Waals surface area (Å²) in [6, 6.07) is 15.2. The van der Waals surface area contributed by atoms with E-state index in [1.165, 1.54) is 6.07 Å². The maximum absolute atomic E-state index is 14.3. The van der Waals surface area contributed by atoms with E-state index < -0.39 is 0 Å². The Morgan fingerprint density at radius 3 is 2.97 bits per heavy atom. The molecule has 6 heteroatoms. The van der Waals surface area contributed by atoms with Crippen molar-refractivity contribution in [3.05, 3.63) is 82.9 Å². The van der Waals surface area contributed by atoms with Crippen LogP contribution in [0.2, 0.25) is 0 Å². The van der Waals surface area contributed by atoms with Gasteiger partial charge in [-0.15, -0.1) is 0 Å². The number of piperidine rings is 1. The van der Waals surface area contributed by atoms with Crippen molar-refractivity contribution in [1.82, 2.24) is 10.3 Å². The molecule has 1 N–H and O–H groups in total. The summed E-state index contributed by atoms with van der Waals surface area (Å²) in [5, 5.41) is 12.8. The largest absolute Gasteiger partial charge is 0.373 e. The van der Waals surface area contributed by atoms with Gasteiger partial charge in [0.25, 0.3) is 0 Å². The van der Waals surface area contributed by atoms with Crippen LogP contribution in [-0.2, 0) is 4.74 Å². The van der Waals surface area contributed by atoms with Crippen LogP contribution in [0, 0.1) is 24.1 Å². The molecule has 5 rings (SSSR count). The van der Waals surface area contributed by atoms with Crippen molar-refractivity contribution in [2.45, 2.75) is 25.5 Å². The van der Waals surface area contributed by atoms with Gasteiger partial charge in [-0.3, -0.25) is 4.98 Å². The molecule has 0 aliphatic carbocycles. The standard InChI is InChI=1S/C28H27FN4O/c1-19-11-23(14-24(29)12-19)25-17-31-16-22(6-5-20-3-2-4-21(13-20)15-30)28(25)33-9-7-26-27(18-33)34-10-8-32-26/h2-6,11-14,16-17,26-27,32H,7-10,18H2,1H3. The number of aromatic nitrogens is 1. The van der Waals surface area contributed by atoms with Gasteiger partial charge in [-0.25, -0.2) is 4.39 Å². The summed E-state index contributed by atoms with van der Waals surface area (Å²) in [4.78, 5) is 6.85. The van der Waals surface area contributed by atoms with Gasteiger partial charge in [0.15, 0.2) is 0 Å². The highest BCUT2D eigenvalue weighted by Crippen LogP contribution is 2.37. The number of halogens is 1. The SMILES string of the molecule is Cc1cc(F)cc(-c2cncc(C=Cc3cccc(C#N)c3)c2N2CCC3NCCOC3C2)c1.